The Bertz CT molecular complexity index is 1580. The fourth-order valence-electron chi connectivity index (χ4n) is 3.57. The summed E-state index contributed by atoms with van der Waals surface area (Å²) in [5.41, 5.74) is 2.69. The highest BCUT2D eigenvalue weighted by Gasteiger charge is 2.23. The molecule has 1 amide bonds. The molecule has 35 heavy (non-hydrogen) atoms. The molecule has 3 aromatic carbocycles. The lowest BCUT2D eigenvalue weighted by atomic mass is 10.2. The zero-order chi connectivity index (χ0) is 24.4. The molecule has 0 fully saturated rings. The summed E-state index contributed by atoms with van der Waals surface area (Å²) in [6.07, 6.45) is 1.56. The number of carbonyl (C=O) groups excluding carboxylic acids is 1. The monoisotopic (exact) mass is 503 g/mol. The number of furan rings is 1. The molecular weight excluding hydrogens is 482 g/mol. The molecule has 0 bridgehead atoms. The van der Waals surface area contributed by atoms with Gasteiger partial charge in [0.1, 0.15) is 5.76 Å². The Hall–Kier alpha value is -3.95. The van der Waals surface area contributed by atoms with E-state index in [1.54, 1.807) is 65.8 Å². The van der Waals surface area contributed by atoms with Gasteiger partial charge in [0.25, 0.3) is 15.9 Å². The number of benzene rings is 3. The van der Waals surface area contributed by atoms with Crippen LogP contribution in [-0.2, 0) is 16.6 Å². The summed E-state index contributed by atoms with van der Waals surface area (Å²) >= 11 is 1.43. The SMILES string of the molecule is Cc1ccc2nc(N(Cc3ccco3)C(=O)c3ccc(NS(=O)(=O)c4ccccc4)cc3)sc2c1. The normalized spacial score (nSPS) is 11.5. The summed E-state index contributed by atoms with van der Waals surface area (Å²) in [7, 11) is -3.72. The quantitative estimate of drug-likeness (QED) is 0.301. The molecule has 9 heteroatoms. The summed E-state index contributed by atoms with van der Waals surface area (Å²) in [6, 6.07) is 24.0. The molecule has 0 unspecified atom stereocenters. The van der Waals surface area contributed by atoms with E-state index in [2.05, 4.69) is 9.71 Å². The zero-order valence-electron chi connectivity index (χ0n) is 18.7. The van der Waals surface area contributed by atoms with Gasteiger partial charge in [0.05, 0.1) is 27.9 Å². The summed E-state index contributed by atoms with van der Waals surface area (Å²) in [4.78, 5) is 20.0. The highest BCUT2D eigenvalue weighted by molar-refractivity contribution is 7.92. The van der Waals surface area contributed by atoms with Crippen LogP contribution in [0.3, 0.4) is 0 Å². The van der Waals surface area contributed by atoms with E-state index in [1.807, 2.05) is 25.1 Å². The van der Waals surface area contributed by atoms with Crippen molar-refractivity contribution in [3.05, 3.63) is 108 Å². The number of hydrogen-bond acceptors (Lipinski definition) is 6. The van der Waals surface area contributed by atoms with Crippen molar-refractivity contribution in [3.63, 3.8) is 0 Å². The van der Waals surface area contributed by atoms with Crippen LogP contribution < -0.4 is 9.62 Å². The largest absolute Gasteiger partial charge is 0.467 e. The van der Waals surface area contributed by atoms with Crippen LogP contribution in [0.25, 0.3) is 10.2 Å². The van der Waals surface area contributed by atoms with E-state index in [9.17, 15) is 13.2 Å². The minimum atomic E-state index is -3.72. The molecule has 5 aromatic rings. The Morgan fingerprint density at radius 2 is 1.77 bits per heavy atom. The Labute approximate surface area is 206 Å². The number of nitrogens with one attached hydrogen (secondary N) is 1. The topological polar surface area (TPSA) is 92.5 Å². The molecule has 0 saturated heterocycles. The van der Waals surface area contributed by atoms with Crippen molar-refractivity contribution in [2.75, 3.05) is 9.62 Å². The first kappa shape index (κ1) is 22.8. The maximum Gasteiger partial charge on any atom is 0.261 e. The molecule has 0 aliphatic rings. The molecule has 2 aromatic heterocycles. The Morgan fingerprint density at radius 3 is 2.49 bits per heavy atom. The summed E-state index contributed by atoms with van der Waals surface area (Å²) < 4.78 is 34.2. The van der Waals surface area contributed by atoms with Crippen LogP contribution >= 0.6 is 11.3 Å². The number of fused-ring (bicyclic) bond motifs is 1. The molecule has 2 heterocycles. The molecular formula is C26H21N3O4S2. The van der Waals surface area contributed by atoms with Crippen LogP contribution in [0.4, 0.5) is 10.8 Å². The van der Waals surface area contributed by atoms with Gasteiger partial charge in [-0.05, 0) is 73.2 Å². The third kappa shape index (κ3) is 4.96. The minimum Gasteiger partial charge on any atom is -0.467 e. The van der Waals surface area contributed by atoms with E-state index < -0.39 is 10.0 Å². The first-order valence-electron chi connectivity index (χ1n) is 10.8. The molecule has 0 aliphatic heterocycles. The fraction of sp³-hybridized carbons (Fsp3) is 0.0769. The van der Waals surface area contributed by atoms with Crippen LogP contribution in [0.5, 0.6) is 0 Å². The van der Waals surface area contributed by atoms with Gasteiger partial charge in [0.15, 0.2) is 5.13 Å². The number of aromatic nitrogens is 1. The van der Waals surface area contributed by atoms with E-state index >= 15 is 0 Å². The highest BCUT2D eigenvalue weighted by Crippen LogP contribution is 2.31. The number of carbonyl (C=O) groups is 1. The Balaban J connectivity index is 1.43. The predicted molar refractivity (Wildman–Crippen MR) is 137 cm³/mol. The third-order valence-corrected chi connectivity index (χ3v) is 7.78. The van der Waals surface area contributed by atoms with Crippen molar-refractivity contribution in [1.82, 2.24) is 4.98 Å². The van der Waals surface area contributed by atoms with Crippen molar-refractivity contribution in [1.29, 1.82) is 0 Å². The average Bonchev–Trinajstić information content (AvgIpc) is 3.52. The number of rotatable bonds is 7. The van der Waals surface area contributed by atoms with Gasteiger partial charge in [-0.1, -0.05) is 35.6 Å². The second kappa shape index (κ2) is 9.36. The van der Waals surface area contributed by atoms with Gasteiger partial charge in [-0.3, -0.25) is 14.4 Å². The molecule has 0 atom stereocenters. The van der Waals surface area contributed by atoms with E-state index in [1.165, 1.54) is 23.5 Å². The summed E-state index contributed by atoms with van der Waals surface area (Å²) in [5, 5.41) is 0.556. The average molecular weight is 504 g/mol. The van der Waals surface area contributed by atoms with Gasteiger partial charge < -0.3 is 4.42 Å². The first-order chi connectivity index (χ1) is 16.9. The molecule has 1 N–H and O–H groups in total. The molecule has 0 spiro atoms. The smallest absolute Gasteiger partial charge is 0.261 e. The van der Waals surface area contributed by atoms with Gasteiger partial charge >= 0.3 is 0 Å². The number of amides is 1. The number of aryl methyl sites for hydroxylation is 1. The fourth-order valence-corrected chi connectivity index (χ4v) is 5.71. The molecule has 0 radical (unpaired) electrons. The molecule has 7 nitrogen and oxygen atoms in total. The number of sulfonamides is 1. The van der Waals surface area contributed by atoms with Gasteiger partial charge in [-0.2, -0.15) is 0 Å². The van der Waals surface area contributed by atoms with Gasteiger partial charge in [-0.25, -0.2) is 13.4 Å². The Morgan fingerprint density at radius 1 is 1.00 bits per heavy atom. The number of nitrogens with zero attached hydrogens (tertiary/aromatic N) is 2. The second-order valence-corrected chi connectivity index (χ2v) is 10.6. The maximum atomic E-state index is 13.5. The van der Waals surface area contributed by atoms with Crippen LogP contribution in [0, 0.1) is 6.92 Å². The lowest BCUT2D eigenvalue weighted by Gasteiger charge is -2.19. The zero-order valence-corrected chi connectivity index (χ0v) is 20.3. The van der Waals surface area contributed by atoms with Crippen molar-refractivity contribution >= 4 is 48.3 Å². The van der Waals surface area contributed by atoms with Crippen LogP contribution in [0.15, 0.2) is 101 Å². The van der Waals surface area contributed by atoms with Crippen molar-refractivity contribution in [2.24, 2.45) is 0 Å². The molecule has 5 rings (SSSR count). The molecule has 176 valence electrons. The lowest BCUT2D eigenvalue weighted by molar-refractivity contribution is 0.0983. The van der Waals surface area contributed by atoms with E-state index in [4.69, 9.17) is 4.42 Å². The minimum absolute atomic E-state index is 0.163. The van der Waals surface area contributed by atoms with E-state index in [0.29, 0.717) is 22.1 Å². The van der Waals surface area contributed by atoms with Gasteiger partial charge in [-0.15, -0.1) is 0 Å². The van der Waals surface area contributed by atoms with Gasteiger partial charge in [0, 0.05) is 11.3 Å². The number of hydrogen-bond donors (Lipinski definition) is 1. The van der Waals surface area contributed by atoms with E-state index in [0.717, 1.165) is 15.8 Å². The van der Waals surface area contributed by atoms with Crippen LogP contribution in [0.1, 0.15) is 21.7 Å². The van der Waals surface area contributed by atoms with Crippen molar-refractivity contribution in [3.8, 4) is 0 Å². The second-order valence-electron chi connectivity index (χ2n) is 7.93. The number of thiazole rings is 1. The standard InChI is InChI=1S/C26H21N3O4S2/c1-18-9-14-23-24(16-18)34-26(27-23)29(17-21-6-5-15-33-21)25(30)19-10-12-20(13-11-19)28-35(31,32)22-7-3-2-4-8-22/h2-16,28H,17H2,1H3. The third-order valence-electron chi connectivity index (χ3n) is 5.34. The summed E-state index contributed by atoms with van der Waals surface area (Å²) in [6.45, 7) is 2.23. The van der Waals surface area contributed by atoms with Crippen LogP contribution in [-0.4, -0.2) is 19.3 Å². The molecule has 0 aliphatic carbocycles. The highest BCUT2D eigenvalue weighted by atomic mass is 32.2. The van der Waals surface area contributed by atoms with Crippen molar-refractivity contribution < 1.29 is 17.6 Å². The Kier molecular flexibility index (Phi) is 6.10. The lowest BCUT2D eigenvalue weighted by Crippen LogP contribution is -2.30. The predicted octanol–water partition coefficient (Wildman–Crippen LogP) is 5.85. The number of anilines is 2. The van der Waals surface area contributed by atoms with E-state index in [-0.39, 0.29) is 17.3 Å². The first-order valence-corrected chi connectivity index (χ1v) is 13.1. The van der Waals surface area contributed by atoms with Crippen molar-refractivity contribution in [2.45, 2.75) is 18.4 Å². The molecule has 0 saturated carbocycles. The summed E-state index contributed by atoms with van der Waals surface area (Å²) in [5.74, 6) is 0.357. The maximum absolute atomic E-state index is 13.5. The van der Waals surface area contributed by atoms with Gasteiger partial charge in [0.2, 0.25) is 0 Å². The van der Waals surface area contributed by atoms with Crippen LogP contribution in [0.2, 0.25) is 0 Å².